The van der Waals surface area contributed by atoms with Crippen molar-refractivity contribution in [3.05, 3.63) is 76.1 Å². The molecule has 3 nitrogen and oxygen atoms in total. The van der Waals surface area contributed by atoms with Crippen molar-refractivity contribution in [3.63, 3.8) is 0 Å². The number of halogens is 3. The first-order chi connectivity index (χ1) is 11.6. The summed E-state index contributed by atoms with van der Waals surface area (Å²) in [6.07, 6.45) is 1.84. The number of phenolic OH excluding ortho intramolecular Hbond substituents is 1. The van der Waals surface area contributed by atoms with E-state index in [0.29, 0.717) is 22.3 Å². The van der Waals surface area contributed by atoms with Gasteiger partial charge in [-0.15, -0.1) is 0 Å². The number of nitrogens with zero attached hydrogens (tertiary/aromatic N) is 1. The van der Waals surface area contributed by atoms with Gasteiger partial charge in [0.2, 0.25) is 0 Å². The molecule has 3 rings (SSSR count). The van der Waals surface area contributed by atoms with Gasteiger partial charge in [-0.2, -0.15) is 4.99 Å². The van der Waals surface area contributed by atoms with Gasteiger partial charge in [0.15, 0.2) is 5.70 Å². The Morgan fingerprint density at radius 2 is 2.00 bits per heavy atom. The molecule has 0 aromatic heterocycles. The predicted octanol–water partition coefficient (Wildman–Crippen LogP) is 1.51. The summed E-state index contributed by atoms with van der Waals surface area (Å²) < 4.78 is 0. The number of phenols is 1. The van der Waals surface area contributed by atoms with Crippen LogP contribution in [0.2, 0.25) is 10.0 Å². The van der Waals surface area contributed by atoms with Crippen LogP contribution in [0.3, 0.4) is 0 Å². The fourth-order valence-electron chi connectivity index (χ4n) is 2.42. The minimum Gasteiger partial charge on any atom is -1.00 e. The molecule has 7 heteroatoms. The zero-order chi connectivity index (χ0) is 17.1. The zero-order valence-corrected chi connectivity index (χ0v) is 17.0. The molecule has 0 fully saturated rings. The summed E-state index contributed by atoms with van der Waals surface area (Å²) in [6.45, 7) is 4.51. The number of aromatic hydroxyl groups is 1. The Morgan fingerprint density at radius 3 is 2.68 bits per heavy atom. The summed E-state index contributed by atoms with van der Waals surface area (Å²) >= 11 is 13.9. The third kappa shape index (κ3) is 4.68. The third-order valence-electron chi connectivity index (χ3n) is 3.50. The molecule has 0 spiro atoms. The van der Waals surface area contributed by atoms with E-state index in [4.69, 9.17) is 23.2 Å². The molecule has 2 aromatic carbocycles. The van der Waals surface area contributed by atoms with Gasteiger partial charge >= 0.3 is 0 Å². The maximum Gasteiger partial charge on any atom is 0.272 e. The van der Waals surface area contributed by atoms with Gasteiger partial charge in [-0.1, -0.05) is 35.8 Å². The highest BCUT2D eigenvalue weighted by Crippen LogP contribution is 2.29. The van der Waals surface area contributed by atoms with Crippen LogP contribution in [0.25, 0.3) is 5.70 Å². The fourth-order valence-corrected chi connectivity index (χ4v) is 3.92. The number of hydrogen-bond donors (Lipinski definition) is 2. The van der Waals surface area contributed by atoms with Gasteiger partial charge in [0.1, 0.15) is 12.3 Å². The standard InChI is InChI=1S/C18H14Cl2N2OS.BrH/c1-2-8-22-17(15-7-6-12(19)9-16(15)20)11-24-18(22)21-13-4-3-5-14(23)10-13;/h2-7,9-11,23H,1,8H2;1H. The number of rotatable bonds is 4. The van der Waals surface area contributed by atoms with Crippen LogP contribution in [0.1, 0.15) is 5.56 Å². The Balaban J connectivity index is 0.00000225. The van der Waals surface area contributed by atoms with Crippen molar-refractivity contribution in [1.29, 1.82) is 0 Å². The predicted molar refractivity (Wildman–Crippen MR) is 103 cm³/mol. The number of aliphatic imine (C=N–C) groups is 1. The van der Waals surface area contributed by atoms with Crippen molar-refractivity contribution in [2.24, 2.45) is 4.99 Å². The van der Waals surface area contributed by atoms with Crippen LogP contribution >= 0.6 is 35.0 Å². The van der Waals surface area contributed by atoms with Gasteiger partial charge in [0.05, 0.1) is 16.3 Å². The van der Waals surface area contributed by atoms with Gasteiger partial charge < -0.3 is 22.1 Å². The molecule has 1 aliphatic heterocycles. The van der Waals surface area contributed by atoms with E-state index in [1.165, 1.54) is 11.8 Å². The monoisotopic (exact) mass is 456 g/mol. The molecule has 1 unspecified atom stereocenters. The minimum absolute atomic E-state index is 0. The van der Waals surface area contributed by atoms with Crippen LogP contribution in [-0.4, -0.2) is 16.8 Å². The van der Waals surface area contributed by atoms with Crippen LogP contribution in [0, 0.1) is 0 Å². The Bertz CT molecular complexity index is 855. The van der Waals surface area contributed by atoms with Crippen LogP contribution in [0.5, 0.6) is 5.75 Å². The van der Waals surface area contributed by atoms with E-state index in [2.05, 4.69) is 11.6 Å². The van der Waals surface area contributed by atoms with Gasteiger partial charge in [0, 0.05) is 16.5 Å². The fraction of sp³-hybridized carbons (Fsp3) is 0.0556. The Morgan fingerprint density at radius 1 is 1.20 bits per heavy atom. The summed E-state index contributed by atoms with van der Waals surface area (Å²) in [5, 5.41) is 13.7. The van der Waals surface area contributed by atoms with E-state index in [0.717, 1.165) is 21.3 Å². The molecule has 25 heavy (non-hydrogen) atoms. The number of benzene rings is 2. The first kappa shape index (κ1) is 20.1. The Kier molecular flexibility index (Phi) is 7.16. The summed E-state index contributed by atoms with van der Waals surface area (Å²) in [5.74, 6) is 0.194. The largest absolute Gasteiger partial charge is 1.00 e. The van der Waals surface area contributed by atoms with E-state index < -0.39 is 0 Å². The SMILES string of the molecule is C=CC[NH+]1C(c2ccc(Cl)cc2Cl)=CSC1=Nc1cccc(O)c1.[Br-]. The van der Waals surface area contributed by atoms with Crippen molar-refractivity contribution >= 4 is 51.5 Å². The van der Waals surface area contributed by atoms with Crippen LogP contribution in [-0.2, 0) is 0 Å². The molecule has 130 valence electrons. The molecule has 2 aromatic rings. The van der Waals surface area contributed by atoms with Crippen LogP contribution < -0.4 is 21.9 Å². The van der Waals surface area contributed by atoms with Gasteiger partial charge in [-0.25, -0.2) is 4.90 Å². The quantitative estimate of drug-likeness (QED) is 0.683. The maximum absolute atomic E-state index is 9.61. The minimum atomic E-state index is 0. The summed E-state index contributed by atoms with van der Waals surface area (Å²) in [5.41, 5.74) is 2.66. The van der Waals surface area contributed by atoms with Crippen molar-refractivity contribution in [1.82, 2.24) is 0 Å². The van der Waals surface area contributed by atoms with E-state index in [9.17, 15) is 5.11 Å². The molecule has 0 saturated carbocycles. The molecule has 0 saturated heterocycles. The van der Waals surface area contributed by atoms with E-state index >= 15 is 0 Å². The van der Waals surface area contributed by atoms with Crippen molar-refractivity contribution in [2.45, 2.75) is 0 Å². The lowest BCUT2D eigenvalue weighted by Crippen LogP contribution is -3.10. The van der Waals surface area contributed by atoms with E-state index in [1.807, 2.05) is 29.7 Å². The molecule has 1 heterocycles. The maximum atomic E-state index is 9.61. The summed E-state index contributed by atoms with van der Waals surface area (Å²) in [4.78, 5) is 5.71. The van der Waals surface area contributed by atoms with Crippen molar-refractivity contribution in [3.8, 4) is 5.75 Å². The average Bonchev–Trinajstić information content (AvgIpc) is 2.91. The zero-order valence-electron chi connectivity index (χ0n) is 13.0. The molecule has 2 N–H and O–H groups in total. The highest BCUT2D eigenvalue weighted by atomic mass is 79.9. The normalized spacial score (nSPS) is 17.9. The molecule has 0 amide bonds. The second-order valence-electron chi connectivity index (χ2n) is 5.18. The number of thioether (sulfide) groups is 1. The number of amidine groups is 1. The lowest BCUT2D eigenvalue weighted by atomic mass is 10.1. The molecule has 0 aliphatic carbocycles. The van der Waals surface area contributed by atoms with Crippen LogP contribution in [0.4, 0.5) is 5.69 Å². The first-order valence-electron chi connectivity index (χ1n) is 7.26. The first-order valence-corrected chi connectivity index (χ1v) is 8.89. The number of hydrogen-bond acceptors (Lipinski definition) is 3. The number of nitrogens with one attached hydrogen (secondary N) is 1. The van der Waals surface area contributed by atoms with Crippen LogP contribution in [0.15, 0.2) is 65.5 Å². The molecule has 1 atom stereocenters. The van der Waals surface area contributed by atoms with Gasteiger partial charge in [-0.05, 0) is 48.2 Å². The van der Waals surface area contributed by atoms with Crippen molar-refractivity contribution in [2.75, 3.05) is 6.54 Å². The van der Waals surface area contributed by atoms with E-state index in [1.54, 1.807) is 24.3 Å². The van der Waals surface area contributed by atoms with Crippen molar-refractivity contribution < 1.29 is 27.0 Å². The lowest BCUT2D eigenvalue weighted by molar-refractivity contribution is -0.709. The molecule has 1 aliphatic rings. The molecular weight excluding hydrogens is 443 g/mol. The second kappa shape index (κ2) is 8.92. The Hall–Kier alpha value is -1.24. The van der Waals surface area contributed by atoms with Gasteiger partial charge in [-0.3, -0.25) is 0 Å². The van der Waals surface area contributed by atoms with Gasteiger partial charge in [0.25, 0.3) is 5.17 Å². The topological polar surface area (TPSA) is 37.0 Å². The molecule has 0 radical (unpaired) electrons. The lowest BCUT2D eigenvalue weighted by Gasteiger charge is -2.15. The second-order valence-corrected chi connectivity index (χ2v) is 6.88. The molecular formula is C18H15BrCl2N2OS. The summed E-state index contributed by atoms with van der Waals surface area (Å²) in [7, 11) is 0. The smallest absolute Gasteiger partial charge is 0.272 e. The highest BCUT2D eigenvalue weighted by Gasteiger charge is 2.31. The highest BCUT2D eigenvalue weighted by molar-refractivity contribution is 8.16. The summed E-state index contributed by atoms with van der Waals surface area (Å²) in [6, 6.07) is 12.4. The average molecular weight is 458 g/mol. The van der Waals surface area contributed by atoms with E-state index in [-0.39, 0.29) is 22.7 Å². The Labute approximate surface area is 171 Å². The third-order valence-corrected chi connectivity index (χ3v) is 4.96. The number of quaternary nitrogens is 1. The molecule has 0 bridgehead atoms.